The molecule has 0 aromatic heterocycles. The number of fused-ring (bicyclic) bond motifs is 3. The largest absolute Gasteiger partial charge is 0.478 e. The molecule has 0 unspecified atom stereocenters. The van der Waals surface area contributed by atoms with Gasteiger partial charge in [-0.3, -0.25) is 9.69 Å². The van der Waals surface area contributed by atoms with E-state index in [0.29, 0.717) is 52.5 Å². The number of methoxy groups -OCH3 is 1. The fourth-order valence-corrected chi connectivity index (χ4v) is 4.45. The molecular weight excluding hydrogens is 477 g/mol. The quantitative estimate of drug-likeness (QED) is 0.339. The third-order valence-corrected chi connectivity index (χ3v) is 6.31. The second-order valence-electron chi connectivity index (χ2n) is 7.97. The van der Waals surface area contributed by atoms with Crippen LogP contribution in [-0.4, -0.2) is 30.5 Å². The lowest BCUT2D eigenvalue weighted by atomic mass is 10.0. The molecule has 3 aromatic carbocycles. The fraction of sp³-hybridized carbons (Fsp3) is 0.154. The summed E-state index contributed by atoms with van der Waals surface area (Å²) in [5.74, 6) is 0.788. The van der Waals surface area contributed by atoms with Crippen molar-refractivity contribution in [3.63, 3.8) is 0 Å². The number of hydrogen-bond donors (Lipinski definition) is 0. The molecule has 0 aliphatic carbocycles. The van der Waals surface area contributed by atoms with Gasteiger partial charge in [0.05, 0.1) is 23.8 Å². The number of esters is 1. The van der Waals surface area contributed by atoms with Gasteiger partial charge in [-0.2, -0.15) is 0 Å². The highest BCUT2D eigenvalue weighted by molar-refractivity contribution is 6.35. The number of ketones is 1. The minimum absolute atomic E-state index is 0.201. The van der Waals surface area contributed by atoms with Crippen molar-refractivity contribution in [3.05, 3.63) is 98.2 Å². The molecule has 0 spiro atoms. The molecule has 5 rings (SSSR count). The molecule has 0 bridgehead atoms. The van der Waals surface area contributed by atoms with E-state index in [1.165, 1.54) is 7.11 Å². The summed E-state index contributed by atoms with van der Waals surface area (Å²) in [6, 6.07) is 15.7. The zero-order valence-electron chi connectivity index (χ0n) is 18.1. The van der Waals surface area contributed by atoms with Crippen LogP contribution < -0.4 is 9.47 Å². The molecular formula is C26H19Cl2NO5. The normalized spacial score (nSPS) is 16.0. The molecule has 6 nitrogen and oxygen atoms in total. The monoisotopic (exact) mass is 495 g/mol. The van der Waals surface area contributed by atoms with Crippen molar-refractivity contribution in [2.75, 3.05) is 13.8 Å². The number of benzene rings is 3. The number of Topliss-reactive ketones (excluding diaryl/α,β-unsaturated/α-hetero) is 1. The van der Waals surface area contributed by atoms with Crippen LogP contribution >= 0.6 is 23.2 Å². The Morgan fingerprint density at radius 3 is 2.65 bits per heavy atom. The fourth-order valence-electron chi connectivity index (χ4n) is 3.98. The van der Waals surface area contributed by atoms with Crippen molar-refractivity contribution in [1.29, 1.82) is 0 Å². The van der Waals surface area contributed by atoms with E-state index in [-0.39, 0.29) is 11.5 Å². The highest BCUT2D eigenvalue weighted by atomic mass is 35.5. The predicted molar refractivity (Wildman–Crippen MR) is 128 cm³/mol. The first-order valence-electron chi connectivity index (χ1n) is 10.5. The van der Waals surface area contributed by atoms with Gasteiger partial charge in [0.25, 0.3) is 0 Å². The van der Waals surface area contributed by atoms with Crippen LogP contribution in [0.4, 0.5) is 0 Å². The molecule has 0 atom stereocenters. The van der Waals surface area contributed by atoms with Crippen molar-refractivity contribution in [3.8, 4) is 11.5 Å². The summed E-state index contributed by atoms with van der Waals surface area (Å²) in [7, 11) is 1.33. The molecule has 2 heterocycles. The Morgan fingerprint density at radius 1 is 1.12 bits per heavy atom. The Balaban J connectivity index is 1.38. The summed E-state index contributed by atoms with van der Waals surface area (Å²) < 4.78 is 16.7. The highest BCUT2D eigenvalue weighted by Crippen LogP contribution is 2.42. The van der Waals surface area contributed by atoms with E-state index >= 15 is 0 Å². The van der Waals surface area contributed by atoms with Gasteiger partial charge in [0.2, 0.25) is 5.78 Å². The SMILES string of the molecule is COC(=O)c1ccc(/C=C2\Oc3c(ccc4c3CN(Cc3ccc(Cl)cc3Cl)CO4)C2=O)cc1. The second kappa shape index (κ2) is 9.14. The number of carbonyl (C=O) groups excluding carboxylic acids is 2. The maximum absolute atomic E-state index is 13.0. The van der Waals surface area contributed by atoms with E-state index < -0.39 is 5.97 Å². The Kier molecular flexibility index (Phi) is 6.04. The van der Waals surface area contributed by atoms with Crippen molar-refractivity contribution < 1.29 is 23.8 Å². The average molecular weight is 496 g/mol. The number of carbonyl (C=O) groups is 2. The first-order chi connectivity index (χ1) is 16.4. The van der Waals surface area contributed by atoms with Crippen LogP contribution in [0.5, 0.6) is 11.5 Å². The summed E-state index contributed by atoms with van der Waals surface area (Å²) in [5.41, 5.74) is 3.39. The van der Waals surface area contributed by atoms with E-state index in [0.717, 1.165) is 16.7 Å². The summed E-state index contributed by atoms with van der Waals surface area (Å²) in [4.78, 5) is 26.7. The van der Waals surface area contributed by atoms with Gasteiger partial charge in [-0.25, -0.2) is 4.79 Å². The molecule has 3 aromatic rings. The van der Waals surface area contributed by atoms with Crippen LogP contribution in [0.3, 0.4) is 0 Å². The van der Waals surface area contributed by atoms with Crippen LogP contribution in [-0.2, 0) is 17.8 Å². The summed E-state index contributed by atoms with van der Waals surface area (Å²) in [6.07, 6.45) is 1.66. The van der Waals surface area contributed by atoms with Gasteiger partial charge in [0.15, 0.2) is 5.76 Å². The zero-order valence-corrected chi connectivity index (χ0v) is 19.7. The minimum atomic E-state index is -0.420. The summed E-state index contributed by atoms with van der Waals surface area (Å²) in [5, 5.41) is 1.17. The highest BCUT2D eigenvalue weighted by Gasteiger charge is 2.33. The van der Waals surface area contributed by atoms with Gasteiger partial charge in [-0.05, 0) is 53.6 Å². The standard InChI is InChI=1S/C26H19Cl2NO5/c1-32-26(31)16-4-2-15(3-5-16)10-23-24(30)19-8-9-22-20(25(19)34-23)13-29(14-33-22)12-17-6-7-18(27)11-21(17)28/h2-11H,12-14H2,1H3/b23-10-. The first-order valence-corrected chi connectivity index (χ1v) is 11.3. The minimum Gasteiger partial charge on any atom is -0.478 e. The van der Waals surface area contributed by atoms with E-state index in [1.807, 2.05) is 6.07 Å². The Bertz CT molecular complexity index is 1330. The lowest BCUT2D eigenvalue weighted by Gasteiger charge is -2.30. The lowest BCUT2D eigenvalue weighted by Crippen LogP contribution is -2.31. The number of hydrogen-bond acceptors (Lipinski definition) is 6. The van der Waals surface area contributed by atoms with Crippen LogP contribution in [0.2, 0.25) is 10.0 Å². The van der Waals surface area contributed by atoms with E-state index in [2.05, 4.69) is 4.90 Å². The Hall–Kier alpha value is -3.32. The maximum atomic E-state index is 13.0. The van der Waals surface area contributed by atoms with Gasteiger partial charge in [0.1, 0.15) is 18.2 Å². The van der Waals surface area contributed by atoms with Crippen molar-refractivity contribution in [2.24, 2.45) is 0 Å². The third kappa shape index (κ3) is 4.28. The van der Waals surface area contributed by atoms with Gasteiger partial charge >= 0.3 is 5.97 Å². The second-order valence-corrected chi connectivity index (χ2v) is 8.81. The molecule has 0 radical (unpaired) electrons. The molecule has 2 aliphatic rings. The van der Waals surface area contributed by atoms with Crippen LogP contribution in [0.15, 0.2) is 60.4 Å². The van der Waals surface area contributed by atoms with Crippen LogP contribution in [0.1, 0.15) is 37.4 Å². The molecule has 0 saturated carbocycles. The van der Waals surface area contributed by atoms with Crippen molar-refractivity contribution >= 4 is 41.0 Å². The molecule has 8 heteroatoms. The number of nitrogens with zero attached hydrogens (tertiary/aromatic N) is 1. The summed E-state index contributed by atoms with van der Waals surface area (Å²) >= 11 is 12.3. The van der Waals surface area contributed by atoms with Gasteiger partial charge in [-0.15, -0.1) is 0 Å². The van der Waals surface area contributed by atoms with Crippen molar-refractivity contribution in [2.45, 2.75) is 13.1 Å². The topological polar surface area (TPSA) is 65.1 Å². The zero-order chi connectivity index (χ0) is 23.8. The molecule has 0 fully saturated rings. The lowest BCUT2D eigenvalue weighted by molar-refractivity contribution is 0.0600. The predicted octanol–water partition coefficient (Wildman–Crippen LogP) is 5.75. The van der Waals surface area contributed by atoms with Gasteiger partial charge < -0.3 is 14.2 Å². The first kappa shape index (κ1) is 22.5. The average Bonchev–Trinajstić information content (AvgIpc) is 3.16. The number of allylic oxidation sites excluding steroid dienone is 1. The Morgan fingerprint density at radius 2 is 1.91 bits per heavy atom. The molecule has 0 amide bonds. The third-order valence-electron chi connectivity index (χ3n) is 5.72. The summed E-state index contributed by atoms with van der Waals surface area (Å²) in [6.45, 7) is 1.47. The van der Waals surface area contributed by atoms with E-state index in [1.54, 1.807) is 54.6 Å². The molecule has 34 heavy (non-hydrogen) atoms. The molecule has 172 valence electrons. The Labute approximate surface area is 206 Å². The van der Waals surface area contributed by atoms with Crippen LogP contribution in [0, 0.1) is 0 Å². The number of halogens is 2. The maximum Gasteiger partial charge on any atom is 0.337 e. The molecule has 0 N–H and O–H groups in total. The van der Waals surface area contributed by atoms with E-state index in [4.69, 9.17) is 37.4 Å². The number of rotatable bonds is 4. The van der Waals surface area contributed by atoms with E-state index in [9.17, 15) is 9.59 Å². The van der Waals surface area contributed by atoms with Gasteiger partial charge in [-0.1, -0.05) is 41.4 Å². The smallest absolute Gasteiger partial charge is 0.337 e. The van der Waals surface area contributed by atoms with Crippen LogP contribution in [0.25, 0.3) is 6.08 Å². The number of ether oxygens (including phenoxy) is 3. The van der Waals surface area contributed by atoms with Crippen molar-refractivity contribution in [1.82, 2.24) is 4.90 Å². The molecule has 2 aliphatic heterocycles. The van der Waals surface area contributed by atoms with Gasteiger partial charge in [0, 0.05) is 23.1 Å². The molecule has 0 saturated heterocycles.